The zero-order valence-electron chi connectivity index (χ0n) is 29.8. The van der Waals surface area contributed by atoms with Gasteiger partial charge in [0.25, 0.3) is 0 Å². The number of hydrogen-bond donors (Lipinski definition) is 2. The average molecular weight is 774 g/mol. The molecular weight excluding hydrogens is 720 g/mol. The van der Waals surface area contributed by atoms with Gasteiger partial charge in [0.05, 0.1) is 49.8 Å². The van der Waals surface area contributed by atoms with Gasteiger partial charge in [-0.15, -0.1) is 13.2 Å². The Bertz CT molecular complexity index is 1410. The standard InChI is InChI=1S/C38H53BrN4O8/c1-5-7-13-30(45)50-24-29(26-11-9-8-10-12-26)40-35(46)31-32-36(47)43(27(23-44)21-25(3)4)34(38(32)22-28(39)33(31)51-38)37(48)42(14-6-2)16-15-41-17-19-49-20-18-41/h5-6,8-12,25,27-29,31-34,44H,1-2,7,13-24H2,3-4H3,(H,40,46)/t27-,28?,29+,31-,32+,33-,34-,38+/m1/s1. The first-order chi connectivity index (χ1) is 24.6. The number of alkyl halides is 1. The smallest absolute Gasteiger partial charge is 0.306 e. The van der Waals surface area contributed by atoms with E-state index in [1.165, 1.54) is 4.90 Å². The van der Waals surface area contributed by atoms with Crippen LogP contribution in [0.2, 0.25) is 0 Å². The van der Waals surface area contributed by atoms with Crippen molar-refractivity contribution in [3.63, 3.8) is 0 Å². The second-order valence-corrected chi connectivity index (χ2v) is 15.6. The third kappa shape index (κ3) is 8.43. The summed E-state index contributed by atoms with van der Waals surface area (Å²) >= 11 is 3.76. The average Bonchev–Trinajstić information content (AvgIpc) is 3.73. The minimum Gasteiger partial charge on any atom is -0.463 e. The van der Waals surface area contributed by atoms with E-state index < -0.39 is 53.5 Å². The molecule has 1 aromatic rings. The fourth-order valence-corrected chi connectivity index (χ4v) is 9.15. The van der Waals surface area contributed by atoms with Crippen LogP contribution >= 0.6 is 15.9 Å². The maximum absolute atomic E-state index is 14.9. The third-order valence-corrected chi connectivity index (χ3v) is 11.4. The van der Waals surface area contributed by atoms with Crippen LogP contribution in [0, 0.1) is 17.8 Å². The molecule has 4 saturated heterocycles. The first kappa shape index (κ1) is 39.1. The highest BCUT2D eigenvalue weighted by molar-refractivity contribution is 9.09. The summed E-state index contributed by atoms with van der Waals surface area (Å²) in [6.07, 6.45) is 4.10. The summed E-state index contributed by atoms with van der Waals surface area (Å²) in [7, 11) is 0. The quantitative estimate of drug-likeness (QED) is 0.131. The Morgan fingerprint density at radius 1 is 1.18 bits per heavy atom. The molecule has 0 saturated carbocycles. The van der Waals surface area contributed by atoms with Gasteiger partial charge in [0.15, 0.2) is 0 Å². The van der Waals surface area contributed by atoms with Crippen LogP contribution in [0.1, 0.15) is 51.1 Å². The van der Waals surface area contributed by atoms with E-state index in [1.807, 2.05) is 44.2 Å². The number of hydrogen-bond acceptors (Lipinski definition) is 9. The number of aliphatic hydroxyl groups is 1. The molecule has 2 bridgehead atoms. The number of halogens is 1. The van der Waals surface area contributed by atoms with E-state index in [9.17, 15) is 24.3 Å². The summed E-state index contributed by atoms with van der Waals surface area (Å²) in [5.41, 5.74) is -0.557. The van der Waals surface area contributed by atoms with Gasteiger partial charge < -0.3 is 34.4 Å². The lowest BCUT2D eigenvalue weighted by Crippen LogP contribution is -2.60. The van der Waals surface area contributed by atoms with E-state index in [4.69, 9.17) is 14.2 Å². The number of carbonyl (C=O) groups excluding carboxylic acids is 4. The van der Waals surface area contributed by atoms with Gasteiger partial charge in [-0.05, 0) is 30.7 Å². The fourth-order valence-electron chi connectivity index (χ4n) is 8.21. The monoisotopic (exact) mass is 772 g/mol. The van der Waals surface area contributed by atoms with E-state index in [0.29, 0.717) is 45.6 Å². The molecule has 5 rings (SSSR count). The maximum atomic E-state index is 14.9. The number of ether oxygens (including phenoxy) is 3. The predicted octanol–water partition coefficient (Wildman–Crippen LogP) is 2.86. The predicted molar refractivity (Wildman–Crippen MR) is 195 cm³/mol. The third-order valence-electron chi connectivity index (χ3n) is 10.5. The lowest BCUT2D eigenvalue weighted by atomic mass is 9.70. The number of nitrogens with zero attached hydrogens (tertiary/aromatic N) is 3. The van der Waals surface area contributed by atoms with E-state index in [0.717, 1.165) is 18.7 Å². The number of morpholine rings is 1. The summed E-state index contributed by atoms with van der Waals surface area (Å²) in [5.74, 6) is -3.25. The van der Waals surface area contributed by atoms with Crippen molar-refractivity contribution < 1.29 is 38.5 Å². The van der Waals surface area contributed by atoms with Crippen LogP contribution in [0.5, 0.6) is 0 Å². The van der Waals surface area contributed by atoms with E-state index in [2.05, 4.69) is 39.3 Å². The lowest BCUT2D eigenvalue weighted by molar-refractivity contribution is -0.151. The molecule has 4 fully saturated rings. The molecular formula is C38H53BrN4O8. The van der Waals surface area contributed by atoms with Gasteiger partial charge >= 0.3 is 5.97 Å². The first-order valence-electron chi connectivity index (χ1n) is 18.1. The largest absolute Gasteiger partial charge is 0.463 e. The minimum atomic E-state index is -1.29. The topological polar surface area (TPSA) is 138 Å². The normalized spacial score (nSPS) is 28.3. The van der Waals surface area contributed by atoms with Crippen molar-refractivity contribution in [3.8, 4) is 0 Å². The summed E-state index contributed by atoms with van der Waals surface area (Å²) in [5, 5.41) is 13.8. The zero-order valence-corrected chi connectivity index (χ0v) is 31.4. The molecule has 1 unspecified atom stereocenters. The highest BCUT2D eigenvalue weighted by Gasteiger charge is 2.77. The molecule has 0 radical (unpaired) electrons. The molecule has 12 nitrogen and oxygen atoms in total. The number of fused-ring (bicyclic) bond motifs is 1. The number of nitrogens with one attached hydrogen (secondary N) is 1. The van der Waals surface area contributed by atoms with Crippen molar-refractivity contribution in [2.75, 3.05) is 59.2 Å². The molecule has 51 heavy (non-hydrogen) atoms. The molecule has 1 spiro atoms. The molecule has 4 aliphatic heterocycles. The molecule has 3 amide bonds. The van der Waals surface area contributed by atoms with Crippen molar-refractivity contribution >= 4 is 39.6 Å². The van der Waals surface area contributed by atoms with Crippen molar-refractivity contribution in [1.82, 2.24) is 20.0 Å². The number of carbonyl (C=O) groups is 4. The second-order valence-electron chi connectivity index (χ2n) is 14.4. The lowest BCUT2D eigenvalue weighted by Gasteiger charge is -2.40. The van der Waals surface area contributed by atoms with Crippen LogP contribution in [0.4, 0.5) is 0 Å². The van der Waals surface area contributed by atoms with Gasteiger partial charge in [-0.1, -0.05) is 72.3 Å². The second kappa shape index (κ2) is 17.6. The van der Waals surface area contributed by atoms with Crippen molar-refractivity contribution in [2.45, 2.75) is 74.2 Å². The SMILES string of the molecule is C=CCCC(=O)OC[C@H](NC(=O)[C@H]1[C@@H]2O[C@@]3(CC2Br)[C@@H]1C(=O)N([C@@H](CO)CC(C)C)[C@@H]3C(=O)N(CC=C)CCN1CCOCC1)c1ccccc1. The van der Waals surface area contributed by atoms with Crippen LogP contribution in [0.25, 0.3) is 0 Å². The molecule has 0 aromatic heterocycles. The molecule has 1 aromatic carbocycles. The maximum Gasteiger partial charge on any atom is 0.306 e. The van der Waals surface area contributed by atoms with Gasteiger partial charge in [0.1, 0.15) is 18.2 Å². The Morgan fingerprint density at radius 3 is 2.55 bits per heavy atom. The van der Waals surface area contributed by atoms with Crippen LogP contribution in [-0.2, 0) is 33.4 Å². The van der Waals surface area contributed by atoms with E-state index >= 15 is 0 Å². The van der Waals surface area contributed by atoms with Crippen LogP contribution in [-0.4, -0.2) is 131 Å². The minimum absolute atomic E-state index is 0.0979. The van der Waals surface area contributed by atoms with Gasteiger partial charge in [-0.2, -0.15) is 0 Å². The Hall–Kier alpha value is -3.10. The Kier molecular flexibility index (Phi) is 13.5. The van der Waals surface area contributed by atoms with Crippen molar-refractivity contribution in [2.24, 2.45) is 17.8 Å². The van der Waals surface area contributed by atoms with Crippen LogP contribution in [0.15, 0.2) is 55.6 Å². The molecule has 4 heterocycles. The number of amides is 3. The molecule has 0 aliphatic carbocycles. The van der Waals surface area contributed by atoms with Gasteiger partial charge in [-0.25, -0.2) is 0 Å². The summed E-state index contributed by atoms with van der Waals surface area (Å²) in [6, 6.07) is 6.83. The van der Waals surface area contributed by atoms with Gasteiger partial charge in [0.2, 0.25) is 17.7 Å². The number of benzene rings is 1. The molecule has 2 N–H and O–H groups in total. The number of likely N-dealkylation sites (tertiary alicyclic amines) is 1. The number of esters is 1. The van der Waals surface area contributed by atoms with Gasteiger partial charge in [0, 0.05) is 44.0 Å². The Labute approximate surface area is 309 Å². The molecule has 4 aliphatic rings. The Morgan fingerprint density at radius 2 is 1.90 bits per heavy atom. The summed E-state index contributed by atoms with van der Waals surface area (Å²) in [4.78, 5) is 61.8. The molecule has 280 valence electrons. The number of aliphatic hydroxyl groups excluding tert-OH is 1. The van der Waals surface area contributed by atoms with Crippen molar-refractivity contribution in [3.05, 3.63) is 61.2 Å². The first-order valence-corrected chi connectivity index (χ1v) is 19.0. The molecule has 8 atom stereocenters. The highest BCUT2D eigenvalue weighted by atomic mass is 79.9. The molecule has 13 heteroatoms. The Balaban J connectivity index is 1.46. The summed E-state index contributed by atoms with van der Waals surface area (Å²) in [6.45, 7) is 15.2. The van der Waals surface area contributed by atoms with E-state index in [-0.39, 0.29) is 48.7 Å². The van der Waals surface area contributed by atoms with E-state index in [1.54, 1.807) is 17.1 Å². The van der Waals surface area contributed by atoms with Gasteiger partial charge in [-0.3, -0.25) is 24.1 Å². The van der Waals surface area contributed by atoms with Crippen molar-refractivity contribution in [1.29, 1.82) is 0 Å². The van der Waals surface area contributed by atoms with Crippen LogP contribution in [0.3, 0.4) is 0 Å². The number of rotatable bonds is 18. The zero-order chi connectivity index (χ0) is 36.7. The summed E-state index contributed by atoms with van der Waals surface area (Å²) < 4.78 is 17.8. The van der Waals surface area contributed by atoms with Crippen LogP contribution < -0.4 is 5.32 Å². The number of allylic oxidation sites excluding steroid dienone is 1. The highest BCUT2D eigenvalue weighted by Crippen LogP contribution is 2.60. The fraction of sp³-hybridized carbons (Fsp3) is 0.632.